The van der Waals surface area contributed by atoms with Crippen LogP contribution in [0.5, 0.6) is 0 Å². The fourth-order valence-electron chi connectivity index (χ4n) is 3.40. The van der Waals surface area contributed by atoms with Gasteiger partial charge in [0.25, 0.3) is 0 Å². The minimum absolute atomic E-state index is 0.165. The second-order valence-electron chi connectivity index (χ2n) is 7.67. The fraction of sp³-hybridized carbons (Fsp3) is 0.286. The normalized spacial score (nSPS) is 10.5. The molecule has 0 spiro atoms. The summed E-state index contributed by atoms with van der Waals surface area (Å²) in [4.78, 5) is 0. The van der Waals surface area contributed by atoms with Gasteiger partial charge in [0, 0.05) is 5.56 Å². The largest absolute Gasteiger partial charge is 0.206 e. The lowest BCUT2D eigenvalue weighted by molar-refractivity contribution is 0.572. The summed E-state index contributed by atoms with van der Waals surface area (Å²) in [5, 5.41) is 0. The van der Waals surface area contributed by atoms with Gasteiger partial charge >= 0.3 is 0 Å². The van der Waals surface area contributed by atoms with E-state index in [0.717, 1.165) is 36.0 Å². The standard InChI is InChI=1S/C28H28F2/c1-3-5-7-21-9-14-24(15-10-21)25-16-11-22(12-17-25)13-18-26-27(29)19-23(8-6-4-2)20-28(26)30/h9-12,14-17,19-20H,3-8H2,1-2H3. The van der Waals surface area contributed by atoms with Crippen LogP contribution in [0.1, 0.15) is 61.8 Å². The third kappa shape index (κ3) is 5.80. The lowest BCUT2D eigenvalue weighted by atomic mass is 10.0. The maximum absolute atomic E-state index is 14.3. The molecule has 0 atom stereocenters. The Morgan fingerprint density at radius 2 is 1.13 bits per heavy atom. The molecule has 0 bridgehead atoms. The Labute approximate surface area is 179 Å². The third-order valence-corrected chi connectivity index (χ3v) is 5.24. The number of unbranched alkanes of at least 4 members (excludes halogenated alkanes) is 2. The zero-order valence-corrected chi connectivity index (χ0v) is 17.8. The van der Waals surface area contributed by atoms with Crippen LogP contribution in [0.2, 0.25) is 0 Å². The van der Waals surface area contributed by atoms with E-state index in [1.165, 1.54) is 30.5 Å². The minimum Gasteiger partial charge on any atom is -0.206 e. The Hall–Kier alpha value is -2.92. The molecule has 0 saturated carbocycles. The Morgan fingerprint density at radius 3 is 1.67 bits per heavy atom. The molecule has 3 rings (SSSR count). The molecule has 0 saturated heterocycles. The van der Waals surface area contributed by atoms with Crippen molar-refractivity contribution < 1.29 is 8.78 Å². The van der Waals surface area contributed by atoms with Crippen molar-refractivity contribution in [3.8, 4) is 23.0 Å². The van der Waals surface area contributed by atoms with Crippen LogP contribution in [0, 0.1) is 23.5 Å². The van der Waals surface area contributed by atoms with Gasteiger partial charge in [-0.15, -0.1) is 0 Å². The van der Waals surface area contributed by atoms with Gasteiger partial charge in [-0.2, -0.15) is 0 Å². The molecule has 0 amide bonds. The highest BCUT2D eigenvalue weighted by Gasteiger charge is 2.09. The van der Waals surface area contributed by atoms with Gasteiger partial charge in [0.15, 0.2) is 0 Å². The topological polar surface area (TPSA) is 0 Å². The van der Waals surface area contributed by atoms with Crippen molar-refractivity contribution in [1.82, 2.24) is 0 Å². The van der Waals surface area contributed by atoms with E-state index in [4.69, 9.17) is 0 Å². The van der Waals surface area contributed by atoms with Crippen molar-refractivity contribution in [2.45, 2.75) is 52.4 Å². The molecule has 0 N–H and O–H groups in total. The molecular formula is C28H28F2. The Bertz CT molecular complexity index is 996. The minimum atomic E-state index is -0.589. The highest BCUT2D eigenvalue weighted by Crippen LogP contribution is 2.21. The van der Waals surface area contributed by atoms with Crippen molar-refractivity contribution in [2.24, 2.45) is 0 Å². The van der Waals surface area contributed by atoms with Crippen molar-refractivity contribution in [1.29, 1.82) is 0 Å². The van der Waals surface area contributed by atoms with Crippen molar-refractivity contribution in [3.05, 3.63) is 94.6 Å². The molecule has 0 fully saturated rings. The first-order valence-corrected chi connectivity index (χ1v) is 10.8. The quantitative estimate of drug-likeness (QED) is 0.355. The molecule has 0 aliphatic rings. The highest BCUT2D eigenvalue weighted by molar-refractivity contribution is 5.64. The lowest BCUT2D eigenvalue weighted by Crippen LogP contribution is -1.95. The van der Waals surface area contributed by atoms with Crippen molar-refractivity contribution >= 4 is 0 Å². The van der Waals surface area contributed by atoms with E-state index in [-0.39, 0.29) is 5.56 Å². The van der Waals surface area contributed by atoms with E-state index < -0.39 is 11.6 Å². The highest BCUT2D eigenvalue weighted by atomic mass is 19.1. The second kappa shape index (κ2) is 10.7. The summed E-state index contributed by atoms with van der Waals surface area (Å²) in [6.45, 7) is 4.25. The molecule has 0 aliphatic carbocycles. The lowest BCUT2D eigenvalue weighted by Gasteiger charge is -2.05. The molecule has 0 radical (unpaired) electrons. The first kappa shape index (κ1) is 21.8. The Balaban J connectivity index is 1.73. The molecule has 30 heavy (non-hydrogen) atoms. The summed E-state index contributed by atoms with van der Waals surface area (Å²) in [7, 11) is 0. The van der Waals surface area contributed by atoms with Crippen LogP contribution >= 0.6 is 0 Å². The van der Waals surface area contributed by atoms with Gasteiger partial charge in [-0.3, -0.25) is 0 Å². The average molecular weight is 403 g/mol. The first-order chi connectivity index (χ1) is 14.6. The van der Waals surface area contributed by atoms with Crippen LogP contribution in [-0.4, -0.2) is 0 Å². The van der Waals surface area contributed by atoms with Crippen molar-refractivity contribution in [3.63, 3.8) is 0 Å². The van der Waals surface area contributed by atoms with Crippen LogP contribution in [0.25, 0.3) is 11.1 Å². The molecule has 0 aliphatic heterocycles. The van der Waals surface area contributed by atoms with E-state index in [1.54, 1.807) is 0 Å². The molecule has 3 aromatic rings. The van der Waals surface area contributed by atoms with E-state index in [2.05, 4.69) is 50.0 Å². The van der Waals surface area contributed by atoms with Gasteiger partial charge in [0.2, 0.25) is 0 Å². The molecule has 0 aromatic heterocycles. The molecule has 0 heterocycles. The third-order valence-electron chi connectivity index (χ3n) is 5.24. The number of aryl methyl sites for hydroxylation is 2. The van der Waals surface area contributed by atoms with Crippen LogP contribution < -0.4 is 0 Å². The number of benzene rings is 3. The smallest absolute Gasteiger partial charge is 0.142 e. The maximum atomic E-state index is 14.3. The number of hydrogen-bond donors (Lipinski definition) is 0. The molecule has 154 valence electrons. The van der Waals surface area contributed by atoms with Crippen LogP contribution in [0.4, 0.5) is 8.78 Å². The van der Waals surface area contributed by atoms with Crippen LogP contribution in [0.15, 0.2) is 60.7 Å². The zero-order chi connectivity index (χ0) is 21.3. The van der Waals surface area contributed by atoms with Crippen LogP contribution in [0.3, 0.4) is 0 Å². The Morgan fingerprint density at radius 1 is 0.633 bits per heavy atom. The molecule has 2 heteroatoms. The molecule has 0 unspecified atom stereocenters. The van der Waals surface area contributed by atoms with Gasteiger partial charge in [-0.25, -0.2) is 8.78 Å². The summed E-state index contributed by atoms with van der Waals surface area (Å²) in [6.07, 6.45) is 6.09. The zero-order valence-electron chi connectivity index (χ0n) is 17.8. The predicted octanol–water partition coefficient (Wildman–Crippen LogP) is 7.72. The van der Waals surface area contributed by atoms with E-state index in [0.29, 0.717) is 12.0 Å². The number of hydrogen-bond acceptors (Lipinski definition) is 0. The Kier molecular flexibility index (Phi) is 7.80. The monoisotopic (exact) mass is 402 g/mol. The second-order valence-corrected chi connectivity index (χ2v) is 7.67. The number of halogens is 2. The van der Waals surface area contributed by atoms with Gasteiger partial charge < -0.3 is 0 Å². The van der Waals surface area contributed by atoms with Gasteiger partial charge in [-0.1, -0.05) is 74.9 Å². The SMILES string of the molecule is CCCCc1ccc(-c2ccc(C#Cc3c(F)cc(CCCC)cc3F)cc2)cc1. The predicted molar refractivity (Wildman–Crippen MR) is 121 cm³/mol. The molecule has 3 aromatic carbocycles. The molecular weight excluding hydrogens is 374 g/mol. The summed E-state index contributed by atoms with van der Waals surface area (Å²) in [5.74, 6) is 4.37. The summed E-state index contributed by atoms with van der Waals surface area (Å²) in [5.41, 5.74) is 4.85. The maximum Gasteiger partial charge on any atom is 0.142 e. The van der Waals surface area contributed by atoms with E-state index >= 15 is 0 Å². The number of rotatable bonds is 7. The summed E-state index contributed by atoms with van der Waals surface area (Å²) >= 11 is 0. The van der Waals surface area contributed by atoms with Gasteiger partial charge in [0.1, 0.15) is 11.6 Å². The molecule has 0 nitrogen and oxygen atoms in total. The van der Waals surface area contributed by atoms with E-state index in [1.807, 2.05) is 24.3 Å². The van der Waals surface area contributed by atoms with Gasteiger partial charge in [-0.05, 0) is 72.2 Å². The van der Waals surface area contributed by atoms with E-state index in [9.17, 15) is 8.78 Å². The summed E-state index contributed by atoms with van der Waals surface area (Å²) in [6, 6.07) is 19.2. The summed E-state index contributed by atoms with van der Waals surface area (Å²) < 4.78 is 28.6. The fourth-order valence-corrected chi connectivity index (χ4v) is 3.40. The van der Waals surface area contributed by atoms with Gasteiger partial charge in [0.05, 0.1) is 5.56 Å². The first-order valence-electron chi connectivity index (χ1n) is 10.8. The van der Waals surface area contributed by atoms with Crippen molar-refractivity contribution in [2.75, 3.05) is 0 Å². The average Bonchev–Trinajstić information content (AvgIpc) is 2.76. The van der Waals surface area contributed by atoms with Crippen LogP contribution in [-0.2, 0) is 12.8 Å².